The highest BCUT2D eigenvalue weighted by Gasteiger charge is 2.26. The minimum atomic E-state index is 0.440. The molecule has 1 aliphatic rings. The van der Waals surface area contributed by atoms with Crippen molar-refractivity contribution in [2.24, 2.45) is 5.41 Å². The molecular formula is C18H29BrN2. The maximum atomic E-state index is 3.70. The molecule has 2 rings (SSSR count). The number of halogens is 1. The highest BCUT2D eigenvalue weighted by Crippen LogP contribution is 2.30. The zero-order valence-corrected chi connectivity index (χ0v) is 15.2. The molecule has 1 N–H and O–H groups in total. The summed E-state index contributed by atoms with van der Waals surface area (Å²) in [6.07, 6.45) is 3.88. The number of hydrogen-bond donors (Lipinski definition) is 1. The summed E-state index contributed by atoms with van der Waals surface area (Å²) in [6, 6.07) is 9.04. The van der Waals surface area contributed by atoms with E-state index in [4.69, 9.17) is 0 Å². The molecule has 0 aromatic heterocycles. The van der Waals surface area contributed by atoms with E-state index in [9.17, 15) is 0 Å². The van der Waals surface area contributed by atoms with Crippen LogP contribution in [0.4, 0.5) is 0 Å². The second-order valence-corrected chi connectivity index (χ2v) is 7.82. The molecule has 1 unspecified atom stereocenters. The Morgan fingerprint density at radius 1 is 1.33 bits per heavy atom. The van der Waals surface area contributed by atoms with Crippen LogP contribution in [0.1, 0.15) is 51.6 Å². The van der Waals surface area contributed by atoms with Crippen molar-refractivity contribution in [1.82, 2.24) is 10.2 Å². The lowest BCUT2D eigenvalue weighted by Crippen LogP contribution is -2.41. The summed E-state index contributed by atoms with van der Waals surface area (Å²) >= 11 is 3.70. The van der Waals surface area contributed by atoms with Gasteiger partial charge in [-0.25, -0.2) is 0 Å². The van der Waals surface area contributed by atoms with Crippen LogP contribution in [0.25, 0.3) is 0 Å². The summed E-state index contributed by atoms with van der Waals surface area (Å²) in [4.78, 5) is 2.64. The van der Waals surface area contributed by atoms with Crippen LogP contribution in [0, 0.1) is 5.41 Å². The van der Waals surface area contributed by atoms with Crippen LogP contribution in [0.5, 0.6) is 0 Å². The van der Waals surface area contributed by atoms with Crippen LogP contribution < -0.4 is 5.32 Å². The highest BCUT2D eigenvalue weighted by molar-refractivity contribution is 9.10. The first kappa shape index (κ1) is 17.0. The number of piperidine rings is 1. The van der Waals surface area contributed by atoms with Gasteiger partial charge in [-0.15, -0.1) is 0 Å². The molecule has 118 valence electrons. The van der Waals surface area contributed by atoms with Crippen LogP contribution in [0.15, 0.2) is 28.7 Å². The predicted molar refractivity (Wildman–Crippen MR) is 94.6 cm³/mol. The van der Waals surface area contributed by atoms with Gasteiger partial charge in [0.2, 0.25) is 0 Å². The number of nitrogens with zero attached hydrogens (tertiary/aromatic N) is 1. The summed E-state index contributed by atoms with van der Waals surface area (Å²) in [5.41, 5.74) is 1.87. The highest BCUT2D eigenvalue weighted by atomic mass is 79.9. The van der Waals surface area contributed by atoms with Gasteiger partial charge in [0.15, 0.2) is 0 Å². The van der Waals surface area contributed by atoms with Gasteiger partial charge in [0, 0.05) is 17.1 Å². The molecule has 1 atom stereocenters. The monoisotopic (exact) mass is 352 g/mol. The summed E-state index contributed by atoms with van der Waals surface area (Å²) in [5.74, 6) is 0. The van der Waals surface area contributed by atoms with E-state index in [0.29, 0.717) is 11.5 Å². The average molecular weight is 353 g/mol. The molecule has 3 heteroatoms. The van der Waals surface area contributed by atoms with E-state index in [-0.39, 0.29) is 0 Å². The maximum Gasteiger partial charge on any atom is 0.0343 e. The Kier molecular flexibility index (Phi) is 6.27. The molecule has 2 nitrogen and oxygen atoms in total. The fourth-order valence-corrected chi connectivity index (χ4v) is 3.98. The van der Waals surface area contributed by atoms with E-state index >= 15 is 0 Å². The van der Waals surface area contributed by atoms with Crippen molar-refractivity contribution in [2.75, 3.05) is 26.2 Å². The van der Waals surface area contributed by atoms with Crippen LogP contribution >= 0.6 is 15.9 Å². The fourth-order valence-electron chi connectivity index (χ4n) is 3.42. The minimum absolute atomic E-state index is 0.440. The van der Waals surface area contributed by atoms with Crippen molar-refractivity contribution >= 4 is 15.9 Å². The molecule has 21 heavy (non-hydrogen) atoms. The molecule has 0 saturated carbocycles. The zero-order chi connectivity index (χ0) is 15.3. The Morgan fingerprint density at radius 2 is 2.10 bits per heavy atom. The molecular weight excluding hydrogens is 324 g/mol. The van der Waals surface area contributed by atoms with E-state index < -0.39 is 0 Å². The third-order valence-corrected chi connectivity index (χ3v) is 5.17. The van der Waals surface area contributed by atoms with Crippen molar-refractivity contribution in [3.63, 3.8) is 0 Å². The smallest absolute Gasteiger partial charge is 0.0343 e. The first-order valence-electron chi connectivity index (χ1n) is 8.22. The van der Waals surface area contributed by atoms with Crippen molar-refractivity contribution in [3.8, 4) is 0 Å². The number of hydrogen-bond acceptors (Lipinski definition) is 2. The standard InChI is InChI=1S/C18H29BrN2/c1-4-20-17(15-8-5-6-9-16(15)19)10-13-21-12-7-11-18(2,3)14-21/h5-6,8-9,17,20H,4,7,10-14H2,1-3H3. The average Bonchev–Trinajstić information content (AvgIpc) is 2.43. The summed E-state index contributed by atoms with van der Waals surface area (Å²) in [7, 11) is 0. The van der Waals surface area contributed by atoms with Crippen molar-refractivity contribution in [1.29, 1.82) is 0 Å². The van der Waals surface area contributed by atoms with Crippen molar-refractivity contribution < 1.29 is 0 Å². The Bertz CT molecular complexity index is 445. The molecule has 0 spiro atoms. The SMILES string of the molecule is CCNC(CCN1CCCC(C)(C)C1)c1ccccc1Br. The summed E-state index contributed by atoms with van der Waals surface area (Å²) in [5, 5.41) is 3.64. The maximum absolute atomic E-state index is 3.70. The fraction of sp³-hybridized carbons (Fsp3) is 0.667. The van der Waals surface area contributed by atoms with Gasteiger partial charge in [-0.2, -0.15) is 0 Å². The molecule has 1 heterocycles. The topological polar surface area (TPSA) is 15.3 Å². The van der Waals surface area contributed by atoms with Gasteiger partial charge in [0.1, 0.15) is 0 Å². The van der Waals surface area contributed by atoms with Gasteiger partial charge in [-0.3, -0.25) is 0 Å². The lowest BCUT2D eigenvalue weighted by atomic mass is 9.84. The third-order valence-electron chi connectivity index (χ3n) is 4.44. The Balaban J connectivity index is 1.96. The van der Waals surface area contributed by atoms with Gasteiger partial charge in [-0.1, -0.05) is 54.9 Å². The second kappa shape index (κ2) is 7.75. The predicted octanol–water partition coefficient (Wildman–Crippen LogP) is 4.61. The minimum Gasteiger partial charge on any atom is -0.310 e. The Hall–Kier alpha value is -0.380. The van der Waals surface area contributed by atoms with Crippen molar-refractivity contribution in [2.45, 2.75) is 46.1 Å². The van der Waals surface area contributed by atoms with Gasteiger partial charge in [0.25, 0.3) is 0 Å². The van der Waals surface area contributed by atoms with E-state index in [2.05, 4.69) is 71.2 Å². The normalized spacial score (nSPS) is 20.4. The molecule has 0 aliphatic carbocycles. The molecule has 1 saturated heterocycles. The molecule has 1 aliphatic heterocycles. The zero-order valence-electron chi connectivity index (χ0n) is 13.7. The molecule has 0 bridgehead atoms. The van der Waals surface area contributed by atoms with Crippen LogP contribution in [-0.4, -0.2) is 31.1 Å². The summed E-state index contributed by atoms with van der Waals surface area (Å²) < 4.78 is 1.22. The van der Waals surface area contributed by atoms with Gasteiger partial charge >= 0.3 is 0 Å². The Morgan fingerprint density at radius 3 is 2.76 bits per heavy atom. The number of likely N-dealkylation sites (tertiary alicyclic amines) is 1. The number of nitrogens with one attached hydrogen (secondary N) is 1. The van der Waals surface area contributed by atoms with Gasteiger partial charge in [-0.05, 0) is 55.9 Å². The lowest BCUT2D eigenvalue weighted by Gasteiger charge is -2.38. The molecule has 0 amide bonds. The Labute approximate surface area is 138 Å². The van der Waals surface area contributed by atoms with Crippen LogP contribution in [0.2, 0.25) is 0 Å². The molecule has 1 aromatic rings. The number of benzene rings is 1. The van der Waals surface area contributed by atoms with E-state index in [0.717, 1.165) is 6.54 Å². The molecule has 1 aromatic carbocycles. The number of rotatable bonds is 6. The van der Waals surface area contributed by atoms with E-state index in [1.165, 1.54) is 48.9 Å². The largest absolute Gasteiger partial charge is 0.310 e. The third kappa shape index (κ3) is 5.08. The molecule has 1 fully saturated rings. The van der Waals surface area contributed by atoms with Crippen molar-refractivity contribution in [3.05, 3.63) is 34.3 Å². The van der Waals surface area contributed by atoms with Gasteiger partial charge < -0.3 is 10.2 Å². The molecule has 0 radical (unpaired) electrons. The first-order chi connectivity index (χ1) is 10.0. The second-order valence-electron chi connectivity index (χ2n) is 6.96. The van der Waals surface area contributed by atoms with Crippen LogP contribution in [0.3, 0.4) is 0 Å². The first-order valence-corrected chi connectivity index (χ1v) is 9.01. The lowest BCUT2D eigenvalue weighted by molar-refractivity contribution is 0.113. The van der Waals surface area contributed by atoms with E-state index in [1.807, 2.05) is 0 Å². The van der Waals surface area contributed by atoms with Crippen LogP contribution in [-0.2, 0) is 0 Å². The quantitative estimate of drug-likeness (QED) is 0.803. The summed E-state index contributed by atoms with van der Waals surface area (Å²) in [6.45, 7) is 11.7. The van der Waals surface area contributed by atoms with E-state index in [1.54, 1.807) is 0 Å². The van der Waals surface area contributed by atoms with Gasteiger partial charge in [0.05, 0.1) is 0 Å².